The molecule has 0 unspecified atom stereocenters. The van der Waals surface area contributed by atoms with E-state index in [0.29, 0.717) is 5.69 Å². The number of rotatable bonds is 2. The smallest absolute Gasteiger partial charge is 0.248 e. The van der Waals surface area contributed by atoms with Crippen LogP contribution in [-0.4, -0.2) is 25.5 Å². The van der Waals surface area contributed by atoms with Crippen molar-refractivity contribution in [3.63, 3.8) is 0 Å². The van der Waals surface area contributed by atoms with Gasteiger partial charge in [-0.25, -0.2) is 0 Å². The molecule has 0 spiro atoms. The summed E-state index contributed by atoms with van der Waals surface area (Å²) in [6.07, 6.45) is 3.05. The van der Waals surface area contributed by atoms with Gasteiger partial charge in [0.15, 0.2) is 0 Å². The van der Waals surface area contributed by atoms with Crippen LogP contribution >= 0.6 is 15.9 Å². The van der Waals surface area contributed by atoms with Gasteiger partial charge in [0.25, 0.3) is 0 Å². The first-order valence-electron chi connectivity index (χ1n) is 4.19. The highest BCUT2D eigenvalue weighted by Gasteiger charge is 2.15. The zero-order chi connectivity index (χ0) is 10.8. The second kappa shape index (κ2) is 3.90. The minimum atomic E-state index is -0.234. The molecular formula is C9H7BrN4O. The third kappa shape index (κ3) is 1.94. The van der Waals surface area contributed by atoms with E-state index in [1.807, 2.05) is 0 Å². The molecule has 0 aliphatic carbocycles. The molecule has 76 valence electrons. The summed E-state index contributed by atoms with van der Waals surface area (Å²) in [7, 11) is 1.71. The maximum absolute atomic E-state index is 11.8. The summed E-state index contributed by atoms with van der Waals surface area (Å²) >= 11 is 3.25. The van der Waals surface area contributed by atoms with E-state index < -0.39 is 0 Å². The molecule has 0 saturated heterocycles. The van der Waals surface area contributed by atoms with Gasteiger partial charge in [0, 0.05) is 17.7 Å². The molecule has 0 aliphatic rings. The summed E-state index contributed by atoms with van der Waals surface area (Å²) in [6, 6.07) is 3.40. The number of hydrogen-bond donors (Lipinski definition) is 0. The highest BCUT2D eigenvalue weighted by atomic mass is 79.9. The van der Waals surface area contributed by atoms with Crippen molar-refractivity contribution in [1.29, 1.82) is 0 Å². The lowest BCUT2D eigenvalue weighted by atomic mass is 10.2. The van der Waals surface area contributed by atoms with E-state index in [-0.39, 0.29) is 11.6 Å². The standard InChI is InChI=1S/C9H7BrN4O/c1-14-5-12-13-9(14)8(15)7-3-2-6(10)4-11-7/h2-5H,1H3. The zero-order valence-electron chi connectivity index (χ0n) is 7.88. The Kier molecular flexibility index (Phi) is 2.59. The van der Waals surface area contributed by atoms with E-state index in [1.54, 1.807) is 29.9 Å². The number of nitrogens with zero attached hydrogens (tertiary/aromatic N) is 4. The number of halogens is 1. The quantitative estimate of drug-likeness (QED) is 0.767. The van der Waals surface area contributed by atoms with Gasteiger partial charge >= 0.3 is 0 Å². The van der Waals surface area contributed by atoms with Gasteiger partial charge in [0.05, 0.1) is 0 Å². The first-order valence-corrected chi connectivity index (χ1v) is 4.98. The fourth-order valence-electron chi connectivity index (χ4n) is 1.11. The number of aryl methyl sites for hydroxylation is 1. The lowest BCUT2D eigenvalue weighted by Crippen LogP contribution is -2.10. The summed E-state index contributed by atoms with van der Waals surface area (Å²) in [6.45, 7) is 0. The summed E-state index contributed by atoms with van der Waals surface area (Å²) in [4.78, 5) is 15.8. The van der Waals surface area contributed by atoms with Gasteiger partial charge in [-0.05, 0) is 28.1 Å². The Hall–Kier alpha value is -1.56. The Labute approximate surface area is 94.3 Å². The molecule has 0 aliphatic heterocycles. The lowest BCUT2D eigenvalue weighted by molar-refractivity contribution is 0.102. The SMILES string of the molecule is Cn1cnnc1C(=O)c1ccc(Br)cn1. The highest BCUT2D eigenvalue weighted by molar-refractivity contribution is 9.10. The Morgan fingerprint density at radius 3 is 2.80 bits per heavy atom. The first-order chi connectivity index (χ1) is 7.18. The number of aromatic nitrogens is 4. The Balaban J connectivity index is 2.37. The maximum Gasteiger partial charge on any atom is 0.248 e. The van der Waals surface area contributed by atoms with Crippen LogP contribution in [0.1, 0.15) is 16.3 Å². The van der Waals surface area contributed by atoms with Crippen LogP contribution in [0, 0.1) is 0 Å². The molecule has 2 heterocycles. The Morgan fingerprint density at radius 1 is 1.47 bits per heavy atom. The molecule has 6 heteroatoms. The van der Waals surface area contributed by atoms with Crippen LogP contribution in [0.25, 0.3) is 0 Å². The number of pyridine rings is 1. The van der Waals surface area contributed by atoms with Crippen LogP contribution in [-0.2, 0) is 7.05 Å². The highest BCUT2D eigenvalue weighted by Crippen LogP contribution is 2.09. The van der Waals surface area contributed by atoms with Crippen molar-refractivity contribution in [2.45, 2.75) is 0 Å². The van der Waals surface area contributed by atoms with Crippen LogP contribution in [0.4, 0.5) is 0 Å². The molecule has 0 amide bonds. The summed E-state index contributed by atoms with van der Waals surface area (Å²) in [5, 5.41) is 7.37. The van der Waals surface area contributed by atoms with Crippen molar-refractivity contribution in [3.8, 4) is 0 Å². The number of ketones is 1. The van der Waals surface area contributed by atoms with E-state index in [9.17, 15) is 4.79 Å². The fraction of sp³-hybridized carbons (Fsp3) is 0.111. The molecule has 0 N–H and O–H groups in total. The van der Waals surface area contributed by atoms with Crippen LogP contribution in [0.3, 0.4) is 0 Å². The Morgan fingerprint density at radius 2 is 2.27 bits per heavy atom. The summed E-state index contributed by atoms with van der Waals surface area (Å²) in [5.74, 6) is 0.0484. The van der Waals surface area contributed by atoms with Gasteiger partial charge in [-0.3, -0.25) is 9.78 Å². The van der Waals surface area contributed by atoms with E-state index >= 15 is 0 Å². The van der Waals surface area contributed by atoms with Gasteiger partial charge < -0.3 is 4.57 Å². The van der Waals surface area contributed by atoms with E-state index in [4.69, 9.17) is 0 Å². The minimum Gasteiger partial charge on any atom is -0.314 e. The van der Waals surface area contributed by atoms with Gasteiger partial charge in [0.2, 0.25) is 11.6 Å². The maximum atomic E-state index is 11.8. The van der Waals surface area contributed by atoms with Crippen molar-refractivity contribution >= 4 is 21.7 Å². The predicted octanol–water partition coefficient (Wildman–Crippen LogP) is 1.20. The molecule has 0 bridgehead atoms. The zero-order valence-corrected chi connectivity index (χ0v) is 9.47. The fourth-order valence-corrected chi connectivity index (χ4v) is 1.35. The average molecular weight is 267 g/mol. The summed E-state index contributed by atoms with van der Waals surface area (Å²) < 4.78 is 2.39. The molecule has 0 fully saturated rings. The van der Waals surface area contributed by atoms with Crippen molar-refractivity contribution in [2.24, 2.45) is 7.05 Å². The molecule has 2 aromatic heterocycles. The van der Waals surface area contributed by atoms with Crippen LogP contribution < -0.4 is 0 Å². The van der Waals surface area contributed by atoms with Crippen LogP contribution in [0.5, 0.6) is 0 Å². The van der Waals surface area contributed by atoms with Gasteiger partial charge in [-0.15, -0.1) is 10.2 Å². The molecule has 0 radical (unpaired) electrons. The summed E-state index contributed by atoms with van der Waals surface area (Å²) in [5.41, 5.74) is 0.356. The molecule has 2 aromatic rings. The third-order valence-electron chi connectivity index (χ3n) is 1.87. The topological polar surface area (TPSA) is 60.7 Å². The molecule has 15 heavy (non-hydrogen) atoms. The largest absolute Gasteiger partial charge is 0.314 e. The van der Waals surface area contributed by atoms with Gasteiger partial charge in [0.1, 0.15) is 12.0 Å². The second-order valence-corrected chi connectivity index (χ2v) is 3.87. The van der Waals surface area contributed by atoms with E-state index in [0.717, 1.165) is 4.47 Å². The van der Waals surface area contributed by atoms with E-state index in [1.165, 1.54) is 6.33 Å². The average Bonchev–Trinajstić information content (AvgIpc) is 2.65. The van der Waals surface area contributed by atoms with Gasteiger partial charge in [-0.1, -0.05) is 0 Å². The van der Waals surface area contributed by atoms with Crippen molar-refractivity contribution in [2.75, 3.05) is 0 Å². The normalized spacial score (nSPS) is 10.3. The molecule has 0 aromatic carbocycles. The van der Waals surface area contributed by atoms with E-state index in [2.05, 4.69) is 31.1 Å². The molecule has 0 atom stereocenters. The monoisotopic (exact) mass is 266 g/mol. The molecule has 0 saturated carbocycles. The lowest BCUT2D eigenvalue weighted by Gasteiger charge is -1.98. The number of carbonyl (C=O) groups excluding carboxylic acids is 1. The molecule has 2 rings (SSSR count). The second-order valence-electron chi connectivity index (χ2n) is 2.96. The minimum absolute atomic E-state index is 0.234. The van der Waals surface area contributed by atoms with Crippen molar-refractivity contribution in [3.05, 3.63) is 40.6 Å². The Bertz CT molecular complexity index is 491. The number of carbonyl (C=O) groups is 1. The first kappa shape index (κ1) is 9.97. The molecule has 5 nitrogen and oxygen atoms in total. The van der Waals surface area contributed by atoms with Crippen LogP contribution in [0.2, 0.25) is 0 Å². The molecular weight excluding hydrogens is 260 g/mol. The van der Waals surface area contributed by atoms with Gasteiger partial charge in [-0.2, -0.15) is 0 Å². The van der Waals surface area contributed by atoms with Crippen molar-refractivity contribution < 1.29 is 4.79 Å². The predicted molar refractivity (Wildman–Crippen MR) is 56.4 cm³/mol. The third-order valence-corrected chi connectivity index (χ3v) is 2.34. The van der Waals surface area contributed by atoms with Crippen molar-refractivity contribution in [1.82, 2.24) is 19.7 Å². The number of hydrogen-bond acceptors (Lipinski definition) is 4. The van der Waals surface area contributed by atoms with Crippen LogP contribution in [0.15, 0.2) is 29.1 Å².